The average Bonchev–Trinajstić information content (AvgIpc) is 3.68. The number of hydrogen-bond acceptors (Lipinski definition) is 3. The second kappa shape index (κ2) is 12.3. The summed E-state index contributed by atoms with van der Waals surface area (Å²) in [5, 5.41) is 2.42. The predicted molar refractivity (Wildman–Crippen MR) is 229 cm³/mol. The van der Waals surface area contributed by atoms with Crippen LogP contribution in [0, 0.1) is 0 Å². The molecule has 0 amide bonds. The zero-order valence-electron chi connectivity index (χ0n) is 31.2. The summed E-state index contributed by atoms with van der Waals surface area (Å²) in [7, 11) is 0. The smallest absolute Gasteiger partial charge is 0.164 e. The second-order valence-corrected chi connectivity index (χ2v) is 15.6. The van der Waals surface area contributed by atoms with Gasteiger partial charge in [0.15, 0.2) is 17.5 Å². The maximum Gasteiger partial charge on any atom is 0.164 e. The van der Waals surface area contributed by atoms with E-state index < -0.39 is 5.41 Å². The lowest BCUT2D eigenvalue weighted by Crippen LogP contribution is -2.28. The fraction of sp³-hybridized carbons (Fsp3) is 0.0755. The van der Waals surface area contributed by atoms with Crippen LogP contribution in [-0.2, 0) is 10.8 Å². The minimum absolute atomic E-state index is 0.148. The molecule has 0 radical (unpaired) electrons. The van der Waals surface area contributed by atoms with Gasteiger partial charge in [0.25, 0.3) is 0 Å². The van der Waals surface area contributed by atoms with Gasteiger partial charge < -0.3 is 0 Å². The van der Waals surface area contributed by atoms with Gasteiger partial charge in [-0.3, -0.25) is 0 Å². The van der Waals surface area contributed by atoms with Crippen molar-refractivity contribution in [2.75, 3.05) is 0 Å². The summed E-state index contributed by atoms with van der Waals surface area (Å²) < 4.78 is 0. The highest BCUT2D eigenvalue weighted by molar-refractivity contribution is 6.00. The lowest BCUT2D eigenvalue weighted by Gasteiger charge is -2.34. The van der Waals surface area contributed by atoms with Crippen molar-refractivity contribution in [1.29, 1.82) is 0 Å². The Morgan fingerprint density at radius 3 is 1.59 bits per heavy atom. The molecule has 0 unspecified atom stereocenters. The first kappa shape index (κ1) is 32.5. The van der Waals surface area contributed by atoms with E-state index in [1.807, 2.05) is 18.2 Å². The van der Waals surface area contributed by atoms with Gasteiger partial charge in [-0.15, -0.1) is 0 Å². The van der Waals surface area contributed by atoms with Crippen molar-refractivity contribution in [1.82, 2.24) is 15.0 Å². The van der Waals surface area contributed by atoms with Gasteiger partial charge in [0.05, 0.1) is 5.41 Å². The standard InChI is InChI=1S/C53H37N3/c1-52(2)44-27-15-14-25-40(44)41-30-29-37(33-46(41)52)50-54-49(34-17-6-3-7-18-34)55-51(56-50)42-26-16-28-45-48(42)43-31-35-19-12-13-20-36(35)32-47(43)53(45,38-21-8-4-9-22-38)39-23-10-5-11-24-39/h3-33H,1-2H3. The molecule has 56 heavy (non-hydrogen) atoms. The van der Waals surface area contributed by atoms with E-state index in [1.54, 1.807) is 0 Å². The zero-order valence-corrected chi connectivity index (χ0v) is 31.2. The number of nitrogens with zero attached hydrogens (tertiary/aromatic N) is 3. The summed E-state index contributed by atoms with van der Waals surface area (Å²) in [6.45, 7) is 4.63. The molecule has 9 aromatic rings. The molecule has 1 aromatic heterocycles. The van der Waals surface area contributed by atoms with Crippen LogP contribution in [-0.4, -0.2) is 15.0 Å². The fourth-order valence-corrected chi connectivity index (χ4v) is 9.59. The number of hydrogen-bond donors (Lipinski definition) is 0. The maximum absolute atomic E-state index is 5.41. The number of fused-ring (bicyclic) bond motifs is 7. The van der Waals surface area contributed by atoms with Gasteiger partial charge in [0.1, 0.15) is 0 Å². The van der Waals surface area contributed by atoms with E-state index in [9.17, 15) is 0 Å². The van der Waals surface area contributed by atoms with Gasteiger partial charge >= 0.3 is 0 Å². The lowest BCUT2D eigenvalue weighted by molar-refractivity contribution is 0.660. The maximum atomic E-state index is 5.41. The summed E-state index contributed by atoms with van der Waals surface area (Å²) in [5.41, 5.74) is 14.7. The van der Waals surface area contributed by atoms with Crippen molar-refractivity contribution in [2.45, 2.75) is 24.7 Å². The predicted octanol–water partition coefficient (Wildman–Crippen LogP) is 12.7. The van der Waals surface area contributed by atoms with E-state index in [1.165, 1.54) is 60.8 Å². The highest BCUT2D eigenvalue weighted by Gasteiger charge is 2.47. The Morgan fingerprint density at radius 1 is 0.339 bits per heavy atom. The molecule has 0 fully saturated rings. The van der Waals surface area contributed by atoms with Gasteiger partial charge in [0.2, 0.25) is 0 Å². The summed E-state index contributed by atoms with van der Waals surface area (Å²) in [4.78, 5) is 15.9. The van der Waals surface area contributed by atoms with Crippen LogP contribution >= 0.6 is 0 Å². The van der Waals surface area contributed by atoms with E-state index in [-0.39, 0.29) is 5.41 Å². The lowest BCUT2D eigenvalue weighted by atomic mass is 9.67. The van der Waals surface area contributed by atoms with Crippen LogP contribution < -0.4 is 0 Å². The molecule has 3 nitrogen and oxygen atoms in total. The Hall–Kier alpha value is -6.97. The fourth-order valence-electron chi connectivity index (χ4n) is 9.59. The SMILES string of the molecule is CC1(C)c2ccccc2-c2ccc(-c3nc(-c4ccccc4)nc(-c4cccc5c4-c4cc6ccccc6cc4C5(c4ccccc4)c4ccccc4)n3)cc21. The molecule has 2 aliphatic carbocycles. The molecule has 11 rings (SSSR count). The highest BCUT2D eigenvalue weighted by Crippen LogP contribution is 2.59. The molecule has 0 aliphatic heterocycles. The van der Waals surface area contributed by atoms with Gasteiger partial charge in [-0.05, 0) is 84.6 Å². The molecule has 8 aromatic carbocycles. The molecule has 0 saturated heterocycles. The Bertz CT molecular complexity index is 2950. The summed E-state index contributed by atoms with van der Waals surface area (Å²) in [6.07, 6.45) is 0. The van der Waals surface area contributed by atoms with Crippen LogP contribution in [0.2, 0.25) is 0 Å². The van der Waals surface area contributed by atoms with Crippen LogP contribution in [0.25, 0.3) is 67.2 Å². The van der Waals surface area contributed by atoms with E-state index >= 15 is 0 Å². The zero-order chi connectivity index (χ0) is 37.4. The summed E-state index contributed by atoms with van der Waals surface area (Å²) in [6, 6.07) is 67.9. The average molecular weight is 716 g/mol. The number of aromatic nitrogens is 3. The van der Waals surface area contributed by atoms with Crippen molar-refractivity contribution >= 4 is 10.8 Å². The Kier molecular flexibility index (Phi) is 7.11. The third kappa shape index (κ3) is 4.67. The normalized spacial score (nSPS) is 14.2. The van der Waals surface area contributed by atoms with Crippen LogP contribution in [0.15, 0.2) is 188 Å². The first-order valence-electron chi connectivity index (χ1n) is 19.4. The molecule has 2 aliphatic rings. The molecular formula is C53H37N3. The Balaban J connectivity index is 1.20. The van der Waals surface area contributed by atoms with Crippen molar-refractivity contribution in [3.8, 4) is 56.4 Å². The van der Waals surface area contributed by atoms with Gasteiger partial charge in [-0.1, -0.05) is 184 Å². The Labute approximate surface area is 327 Å². The number of benzene rings is 8. The van der Waals surface area contributed by atoms with E-state index in [0.29, 0.717) is 17.5 Å². The first-order chi connectivity index (χ1) is 27.5. The third-order valence-corrected chi connectivity index (χ3v) is 12.2. The third-order valence-electron chi connectivity index (χ3n) is 12.2. The first-order valence-corrected chi connectivity index (χ1v) is 19.4. The van der Waals surface area contributed by atoms with E-state index in [4.69, 9.17) is 15.0 Å². The van der Waals surface area contributed by atoms with Crippen molar-refractivity contribution in [3.63, 3.8) is 0 Å². The minimum Gasteiger partial charge on any atom is -0.208 e. The van der Waals surface area contributed by atoms with Crippen molar-refractivity contribution < 1.29 is 0 Å². The summed E-state index contributed by atoms with van der Waals surface area (Å²) in [5.74, 6) is 1.97. The molecule has 0 bridgehead atoms. The second-order valence-electron chi connectivity index (χ2n) is 15.6. The van der Waals surface area contributed by atoms with Gasteiger partial charge in [0, 0.05) is 22.1 Å². The molecule has 0 atom stereocenters. The van der Waals surface area contributed by atoms with Gasteiger partial charge in [-0.2, -0.15) is 0 Å². The van der Waals surface area contributed by atoms with Crippen molar-refractivity contribution in [3.05, 3.63) is 221 Å². The molecule has 0 spiro atoms. The Morgan fingerprint density at radius 2 is 0.875 bits per heavy atom. The molecular weight excluding hydrogens is 679 g/mol. The number of rotatable bonds is 5. The summed E-state index contributed by atoms with van der Waals surface area (Å²) >= 11 is 0. The highest BCUT2D eigenvalue weighted by atomic mass is 15.0. The van der Waals surface area contributed by atoms with Crippen LogP contribution in [0.5, 0.6) is 0 Å². The molecule has 0 saturated carbocycles. The molecule has 0 N–H and O–H groups in total. The van der Waals surface area contributed by atoms with E-state index in [2.05, 4.69) is 184 Å². The van der Waals surface area contributed by atoms with E-state index in [0.717, 1.165) is 22.3 Å². The van der Waals surface area contributed by atoms with Gasteiger partial charge in [-0.25, -0.2) is 15.0 Å². The monoisotopic (exact) mass is 715 g/mol. The topological polar surface area (TPSA) is 38.7 Å². The molecule has 264 valence electrons. The van der Waals surface area contributed by atoms with Crippen LogP contribution in [0.3, 0.4) is 0 Å². The quantitative estimate of drug-likeness (QED) is 0.178. The van der Waals surface area contributed by atoms with Crippen LogP contribution in [0.4, 0.5) is 0 Å². The largest absolute Gasteiger partial charge is 0.208 e. The van der Waals surface area contributed by atoms with Crippen LogP contribution in [0.1, 0.15) is 47.2 Å². The molecule has 1 heterocycles. The molecule has 3 heteroatoms. The minimum atomic E-state index is -0.564. The van der Waals surface area contributed by atoms with Crippen molar-refractivity contribution in [2.24, 2.45) is 0 Å².